The molecule has 0 bridgehead atoms. The SMILES string of the molecule is O=c1ccc2cc(SCl)ccc2[nH]1. The van der Waals surface area contributed by atoms with Gasteiger partial charge in [-0.1, -0.05) is 0 Å². The van der Waals surface area contributed by atoms with Crippen LogP contribution < -0.4 is 5.56 Å². The third kappa shape index (κ3) is 1.71. The smallest absolute Gasteiger partial charge is 0.248 e. The van der Waals surface area contributed by atoms with Gasteiger partial charge in [-0.3, -0.25) is 4.79 Å². The number of hydrogen-bond donors (Lipinski definition) is 1. The number of pyridine rings is 1. The lowest BCUT2D eigenvalue weighted by Gasteiger charge is -1.98. The zero-order valence-corrected chi connectivity index (χ0v) is 8.15. The van der Waals surface area contributed by atoms with Gasteiger partial charge in [-0.2, -0.15) is 0 Å². The summed E-state index contributed by atoms with van der Waals surface area (Å²) in [7, 11) is 6.77. The summed E-state index contributed by atoms with van der Waals surface area (Å²) in [6, 6.07) is 8.94. The van der Waals surface area contributed by atoms with Crippen molar-refractivity contribution in [3.05, 3.63) is 40.7 Å². The van der Waals surface area contributed by atoms with E-state index in [-0.39, 0.29) is 5.56 Å². The first-order valence-electron chi connectivity index (χ1n) is 3.71. The monoisotopic (exact) mass is 211 g/mol. The Balaban J connectivity index is 2.73. The van der Waals surface area contributed by atoms with Crippen LogP contribution in [0.15, 0.2) is 40.0 Å². The molecule has 0 fully saturated rings. The van der Waals surface area contributed by atoms with E-state index in [1.54, 1.807) is 6.07 Å². The number of rotatable bonds is 1. The Morgan fingerprint density at radius 1 is 1.23 bits per heavy atom. The van der Waals surface area contributed by atoms with Gasteiger partial charge in [0.1, 0.15) is 0 Å². The molecule has 1 aromatic carbocycles. The molecule has 0 amide bonds. The molecule has 2 rings (SSSR count). The molecule has 0 unspecified atom stereocenters. The number of halogens is 1. The molecule has 0 saturated carbocycles. The largest absolute Gasteiger partial charge is 0.322 e. The molecule has 0 aliphatic carbocycles. The molecule has 4 heteroatoms. The van der Waals surface area contributed by atoms with E-state index in [9.17, 15) is 4.79 Å². The van der Waals surface area contributed by atoms with Crippen LogP contribution in [0.3, 0.4) is 0 Å². The number of hydrogen-bond acceptors (Lipinski definition) is 2. The van der Waals surface area contributed by atoms with Crippen molar-refractivity contribution >= 4 is 32.6 Å². The van der Waals surface area contributed by atoms with Gasteiger partial charge in [0.15, 0.2) is 0 Å². The Bertz CT molecular complexity index is 494. The van der Waals surface area contributed by atoms with Crippen LogP contribution in [0.25, 0.3) is 10.9 Å². The maximum atomic E-state index is 11.0. The Hall–Kier alpha value is -0.930. The van der Waals surface area contributed by atoms with Gasteiger partial charge >= 0.3 is 0 Å². The lowest BCUT2D eigenvalue weighted by molar-refractivity contribution is 1.30. The third-order valence-electron chi connectivity index (χ3n) is 1.78. The van der Waals surface area contributed by atoms with Crippen molar-refractivity contribution in [2.75, 3.05) is 0 Å². The highest BCUT2D eigenvalue weighted by Gasteiger charge is 1.96. The Morgan fingerprint density at radius 3 is 2.85 bits per heavy atom. The maximum absolute atomic E-state index is 11.0. The predicted molar refractivity (Wildman–Crippen MR) is 56.3 cm³/mol. The van der Waals surface area contributed by atoms with Crippen molar-refractivity contribution in [1.82, 2.24) is 4.98 Å². The molecule has 66 valence electrons. The summed E-state index contributed by atoms with van der Waals surface area (Å²) in [5.41, 5.74) is 0.751. The number of aromatic nitrogens is 1. The van der Waals surface area contributed by atoms with E-state index in [0.29, 0.717) is 0 Å². The van der Waals surface area contributed by atoms with Crippen molar-refractivity contribution in [3.63, 3.8) is 0 Å². The van der Waals surface area contributed by atoms with Crippen molar-refractivity contribution < 1.29 is 0 Å². The van der Waals surface area contributed by atoms with Gasteiger partial charge in [0.2, 0.25) is 5.56 Å². The molecule has 0 saturated heterocycles. The predicted octanol–water partition coefficient (Wildman–Crippen LogP) is 2.77. The molecule has 1 heterocycles. The van der Waals surface area contributed by atoms with E-state index in [0.717, 1.165) is 15.8 Å². The Kier molecular flexibility index (Phi) is 2.29. The van der Waals surface area contributed by atoms with Gasteiger partial charge in [-0.25, -0.2) is 0 Å². The fraction of sp³-hybridized carbons (Fsp3) is 0. The minimum atomic E-state index is -0.0845. The minimum Gasteiger partial charge on any atom is -0.322 e. The van der Waals surface area contributed by atoms with Crippen molar-refractivity contribution in [2.24, 2.45) is 0 Å². The van der Waals surface area contributed by atoms with E-state index in [1.165, 1.54) is 17.0 Å². The van der Waals surface area contributed by atoms with Crippen LogP contribution in [0.4, 0.5) is 0 Å². The number of benzene rings is 1. The van der Waals surface area contributed by atoms with Gasteiger partial charge in [0.05, 0.1) is 0 Å². The molecule has 13 heavy (non-hydrogen) atoms. The second-order valence-corrected chi connectivity index (χ2v) is 3.74. The number of fused-ring (bicyclic) bond motifs is 1. The van der Waals surface area contributed by atoms with Gasteiger partial charge in [-0.05, 0) is 51.3 Å². The van der Waals surface area contributed by atoms with Gasteiger partial charge in [-0.15, -0.1) is 0 Å². The van der Waals surface area contributed by atoms with E-state index < -0.39 is 0 Å². The van der Waals surface area contributed by atoms with Crippen molar-refractivity contribution in [1.29, 1.82) is 0 Å². The molecule has 2 aromatic rings. The summed E-state index contributed by atoms with van der Waals surface area (Å²) in [5.74, 6) is 0. The van der Waals surface area contributed by atoms with E-state index >= 15 is 0 Å². The summed E-state index contributed by atoms with van der Waals surface area (Å²) >= 11 is 0. The van der Waals surface area contributed by atoms with Gasteiger partial charge in [0, 0.05) is 16.5 Å². The second kappa shape index (κ2) is 3.44. The lowest BCUT2D eigenvalue weighted by atomic mass is 10.2. The first-order valence-corrected chi connectivity index (χ1v) is 5.35. The molecule has 0 radical (unpaired) electrons. The standard InChI is InChI=1S/C9H6ClNOS/c10-13-7-2-3-8-6(5-7)1-4-9(12)11-8/h1-5H,(H,11,12). The highest BCUT2D eigenvalue weighted by molar-refractivity contribution is 8.21. The lowest BCUT2D eigenvalue weighted by Crippen LogP contribution is -2.01. The Labute approximate surface area is 83.4 Å². The first-order chi connectivity index (χ1) is 6.29. The molecule has 2 nitrogen and oxygen atoms in total. The summed E-state index contributed by atoms with van der Waals surface area (Å²) in [6.07, 6.45) is 0. The summed E-state index contributed by atoms with van der Waals surface area (Å²) < 4.78 is 0. The molecule has 0 aliphatic heterocycles. The van der Waals surface area contributed by atoms with Crippen LogP contribution in [-0.2, 0) is 0 Å². The van der Waals surface area contributed by atoms with E-state index in [1.807, 2.05) is 18.2 Å². The molecule has 1 N–H and O–H groups in total. The average Bonchev–Trinajstić information content (AvgIpc) is 2.17. The van der Waals surface area contributed by atoms with Crippen LogP contribution in [0.1, 0.15) is 0 Å². The first kappa shape index (κ1) is 8.66. The fourth-order valence-corrected chi connectivity index (χ4v) is 1.76. The summed E-state index contributed by atoms with van der Waals surface area (Å²) in [6.45, 7) is 0. The van der Waals surface area contributed by atoms with Gasteiger partial charge in [0.25, 0.3) is 0 Å². The zero-order valence-electron chi connectivity index (χ0n) is 6.58. The van der Waals surface area contributed by atoms with E-state index in [4.69, 9.17) is 10.7 Å². The van der Waals surface area contributed by atoms with Crippen LogP contribution in [0.2, 0.25) is 0 Å². The van der Waals surface area contributed by atoms with Crippen molar-refractivity contribution in [2.45, 2.75) is 4.90 Å². The number of nitrogens with one attached hydrogen (secondary N) is 1. The van der Waals surface area contributed by atoms with Gasteiger partial charge < -0.3 is 4.98 Å². The van der Waals surface area contributed by atoms with Crippen molar-refractivity contribution in [3.8, 4) is 0 Å². The van der Waals surface area contributed by atoms with Crippen LogP contribution in [-0.4, -0.2) is 4.98 Å². The van der Waals surface area contributed by atoms with Crippen LogP contribution in [0.5, 0.6) is 0 Å². The number of aromatic amines is 1. The quantitative estimate of drug-likeness (QED) is 0.787. The normalized spacial score (nSPS) is 10.5. The highest BCUT2D eigenvalue weighted by Crippen LogP contribution is 2.24. The molecular weight excluding hydrogens is 206 g/mol. The van der Waals surface area contributed by atoms with Crippen LogP contribution in [0, 0.1) is 0 Å². The molecule has 0 atom stereocenters. The Morgan fingerprint density at radius 2 is 2.08 bits per heavy atom. The topological polar surface area (TPSA) is 32.9 Å². The molecular formula is C9H6ClNOS. The zero-order chi connectivity index (χ0) is 9.26. The number of H-pyrrole nitrogens is 1. The molecule has 0 spiro atoms. The average molecular weight is 212 g/mol. The summed E-state index contributed by atoms with van der Waals surface area (Å²) in [4.78, 5) is 14.7. The maximum Gasteiger partial charge on any atom is 0.248 e. The fourth-order valence-electron chi connectivity index (χ4n) is 1.18. The summed E-state index contributed by atoms with van der Waals surface area (Å²) in [5, 5.41) is 0.991. The van der Waals surface area contributed by atoms with E-state index in [2.05, 4.69) is 4.98 Å². The third-order valence-corrected chi connectivity index (χ3v) is 2.75. The van der Waals surface area contributed by atoms with Crippen LogP contribution >= 0.6 is 21.7 Å². The second-order valence-electron chi connectivity index (χ2n) is 2.65. The molecule has 1 aromatic heterocycles. The minimum absolute atomic E-state index is 0.0845. The molecule has 0 aliphatic rings. The highest BCUT2D eigenvalue weighted by atomic mass is 35.7.